The van der Waals surface area contributed by atoms with Crippen molar-refractivity contribution in [2.45, 2.75) is 58.0 Å². The van der Waals surface area contributed by atoms with Crippen molar-refractivity contribution in [1.82, 2.24) is 0 Å². The second kappa shape index (κ2) is 11.0. The number of carboxylic acid groups (broad SMARTS) is 1. The van der Waals surface area contributed by atoms with Crippen LogP contribution in [-0.2, 0) is 21.3 Å². The molecule has 0 saturated heterocycles. The van der Waals surface area contributed by atoms with Gasteiger partial charge in [0.2, 0.25) is 0 Å². The van der Waals surface area contributed by atoms with E-state index in [1.807, 2.05) is 0 Å². The van der Waals surface area contributed by atoms with Crippen LogP contribution in [0.4, 0.5) is 0 Å². The SMILES string of the molecule is CCCCCCCCC(O)C(=O)O.[Ni]. The molecule has 0 saturated carbocycles. The summed E-state index contributed by atoms with van der Waals surface area (Å²) in [7, 11) is 0. The van der Waals surface area contributed by atoms with E-state index in [4.69, 9.17) is 10.2 Å². The molecule has 0 aromatic rings. The molecule has 4 heteroatoms. The molecule has 88 valence electrons. The maximum Gasteiger partial charge on any atom is 0.332 e. The molecule has 0 heterocycles. The summed E-state index contributed by atoms with van der Waals surface area (Å²) in [5, 5.41) is 17.3. The number of carboxylic acids is 1. The Kier molecular flexibility index (Phi) is 12.9. The summed E-state index contributed by atoms with van der Waals surface area (Å²) in [6.45, 7) is 2.16. The molecule has 0 radical (unpaired) electrons. The zero-order chi connectivity index (χ0) is 10.1. The standard InChI is InChI=1S/C10H20O3.Ni/c1-2-3-4-5-6-7-8-9(11)10(12)13;/h9,11H,2-8H2,1H3,(H,12,13);. The topological polar surface area (TPSA) is 57.5 Å². The Balaban J connectivity index is 0. The average molecular weight is 247 g/mol. The van der Waals surface area contributed by atoms with E-state index < -0.39 is 12.1 Å². The maximum atomic E-state index is 10.2. The minimum absolute atomic E-state index is 0. The van der Waals surface area contributed by atoms with Crippen molar-refractivity contribution >= 4 is 5.97 Å². The molecule has 0 bridgehead atoms. The van der Waals surface area contributed by atoms with Crippen LogP contribution in [-0.4, -0.2) is 22.3 Å². The van der Waals surface area contributed by atoms with Gasteiger partial charge in [0.1, 0.15) is 0 Å². The number of aliphatic hydroxyl groups excluding tert-OH is 1. The molecule has 3 nitrogen and oxygen atoms in total. The molecule has 14 heavy (non-hydrogen) atoms. The van der Waals surface area contributed by atoms with Gasteiger partial charge in [0.15, 0.2) is 6.10 Å². The molecule has 0 aromatic carbocycles. The zero-order valence-corrected chi connectivity index (χ0v) is 9.63. The van der Waals surface area contributed by atoms with Crippen LogP contribution >= 0.6 is 0 Å². The van der Waals surface area contributed by atoms with Crippen LogP contribution < -0.4 is 0 Å². The van der Waals surface area contributed by atoms with E-state index in [9.17, 15) is 4.79 Å². The van der Waals surface area contributed by atoms with Gasteiger partial charge in [-0.3, -0.25) is 0 Å². The summed E-state index contributed by atoms with van der Waals surface area (Å²) in [4.78, 5) is 10.2. The van der Waals surface area contributed by atoms with Crippen LogP contribution in [0.5, 0.6) is 0 Å². The first-order valence-corrected chi connectivity index (χ1v) is 5.09. The number of carbonyl (C=O) groups is 1. The first-order valence-electron chi connectivity index (χ1n) is 5.09. The van der Waals surface area contributed by atoms with Gasteiger partial charge in [0, 0.05) is 16.5 Å². The van der Waals surface area contributed by atoms with Gasteiger partial charge < -0.3 is 10.2 Å². The van der Waals surface area contributed by atoms with Crippen molar-refractivity contribution in [1.29, 1.82) is 0 Å². The summed E-state index contributed by atoms with van der Waals surface area (Å²) in [5.41, 5.74) is 0. The van der Waals surface area contributed by atoms with E-state index >= 15 is 0 Å². The van der Waals surface area contributed by atoms with Crippen LogP contribution in [0.1, 0.15) is 51.9 Å². The quantitative estimate of drug-likeness (QED) is 0.510. The van der Waals surface area contributed by atoms with Gasteiger partial charge in [-0.1, -0.05) is 45.4 Å². The predicted molar refractivity (Wildman–Crippen MR) is 51.6 cm³/mol. The Morgan fingerprint density at radius 3 is 2.14 bits per heavy atom. The van der Waals surface area contributed by atoms with E-state index in [1.165, 1.54) is 19.3 Å². The molecule has 0 spiro atoms. The molecular weight excluding hydrogens is 227 g/mol. The number of aliphatic hydroxyl groups is 1. The van der Waals surface area contributed by atoms with Gasteiger partial charge in [-0.15, -0.1) is 0 Å². The van der Waals surface area contributed by atoms with Crippen LogP contribution in [0.15, 0.2) is 0 Å². The molecule has 0 aliphatic rings. The van der Waals surface area contributed by atoms with E-state index in [1.54, 1.807) is 0 Å². The molecule has 0 aliphatic heterocycles. The Morgan fingerprint density at radius 2 is 1.64 bits per heavy atom. The molecule has 0 aromatic heterocycles. The molecule has 2 N–H and O–H groups in total. The first kappa shape index (κ1) is 16.4. The summed E-state index contributed by atoms with van der Waals surface area (Å²) >= 11 is 0. The fraction of sp³-hybridized carbons (Fsp3) is 0.900. The Morgan fingerprint density at radius 1 is 1.14 bits per heavy atom. The zero-order valence-electron chi connectivity index (χ0n) is 8.65. The second-order valence-corrected chi connectivity index (χ2v) is 3.41. The summed E-state index contributed by atoms with van der Waals surface area (Å²) in [6.07, 6.45) is 5.92. The number of rotatable bonds is 8. The Labute approximate surface area is 95.8 Å². The van der Waals surface area contributed by atoms with E-state index in [-0.39, 0.29) is 16.5 Å². The monoisotopic (exact) mass is 246 g/mol. The maximum absolute atomic E-state index is 10.2. The second-order valence-electron chi connectivity index (χ2n) is 3.41. The van der Waals surface area contributed by atoms with Crippen LogP contribution in [0.3, 0.4) is 0 Å². The molecule has 0 amide bonds. The number of unbranched alkanes of at least 4 members (excludes halogenated alkanes) is 5. The number of hydrogen-bond donors (Lipinski definition) is 2. The van der Waals surface area contributed by atoms with Crippen molar-refractivity contribution in [3.8, 4) is 0 Å². The number of hydrogen-bond acceptors (Lipinski definition) is 2. The average Bonchev–Trinajstić information content (AvgIpc) is 2.10. The summed E-state index contributed by atoms with van der Waals surface area (Å²) in [6, 6.07) is 0. The number of aliphatic carboxylic acids is 1. The molecule has 0 fully saturated rings. The van der Waals surface area contributed by atoms with Crippen LogP contribution in [0, 0.1) is 0 Å². The van der Waals surface area contributed by atoms with Gasteiger partial charge in [0.05, 0.1) is 0 Å². The van der Waals surface area contributed by atoms with Gasteiger partial charge >= 0.3 is 5.97 Å². The van der Waals surface area contributed by atoms with Gasteiger partial charge in [-0.05, 0) is 6.42 Å². The largest absolute Gasteiger partial charge is 0.479 e. The fourth-order valence-corrected chi connectivity index (χ4v) is 1.24. The third-order valence-corrected chi connectivity index (χ3v) is 2.12. The van der Waals surface area contributed by atoms with Crippen molar-refractivity contribution in [2.24, 2.45) is 0 Å². The van der Waals surface area contributed by atoms with Crippen molar-refractivity contribution in [3.63, 3.8) is 0 Å². The minimum Gasteiger partial charge on any atom is -0.479 e. The summed E-state index contributed by atoms with van der Waals surface area (Å²) in [5.74, 6) is -1.10. The molecule has 1 atom stereocenters. The Hall–Kier alpha value is -0.0765. The smallest absolute Gasteiger partial charge is 0.332 e. The third-order valence-electron chi connectivity index (χ3n) is 2.12. The predicted octanol–water partition coefficient (Wildman–Crippen LogP) is 2.18. The Bertz CT molecular complexity index is 139. The van der Waals surface area contributed by atoms with Gasteiger partial charge in [-0.2, -0.15) is 0 Å². The molecule has 0 aliphatic carbocycles. The van der Waals surface area contributed by atoms with Crippen LogP contribution in [0.2, 0.25) is 0 Å². The van der Waals surface area contributed by atoms with Gasteiger partial charge in [0.25, 0.3) is 0 Å². The third kappa shape index (κ3) is 10.0. The first-order chi connectivity index (χ1) is 6.18. The van der Waals surface area contributed by atoms with Crippen molar-refractivity contribution in [3.05, 3.63) is 0 Å². The van der Waals surface area contributed by atoms with E-state index in [2.05, 4.69) is 6.92 Å². The fourth-order valence-electron chi connectivity index (χ4n) is 1.24. The van der Waals surface area contributed by atoms with E-state index in [0.717, 1.165) is 19.3 Å². The normalized spacial score (nSPS) is 11.9. The summed E-state index contributed by atoms with van der Waals surface area (Å²) < 4.78 is 0. The van der Waals surface area contributed by atoms with Gasteiger partial charge in [-0.25, -0.2) is 4.79 Å². The van der Waals surface area contributed by atoms with Crippen molar-refractivity contribution < 1.29 is 31.5 Å². The molecule has 0 rings (SSSR count). The molecular formula is C10H20NiO3. The van der Waals surface area contributed by atoms with E-state index in [0.29, 0.717) is 6.42 Å². The van der Waals surface area contributed by atoms with Crippen molar-refractivity contribution in [2.75, 3.05) is 0 Å². The van der Waals surface area contributed by atoms with Crippen LogP contribution in [0.25, 0.3) is 0 Å². The minimum atomic E-state index is -1.16. The molecule has 1 unspecified atom stereocenters.